The molecule has 7 heteroatoms. The van der Waals surface area contributed by atoms with E-state index in [0.717, 1.165) is 44.5 Å². The minimum Gasteiger partial charge on any atom is -0.434 e. The van der Waals surface area contributed by atoms with Crippen molar-refractivity contribution >= 4 is 5.96 Å². The van der Waals surface area contributed by atoms with Crippen molar-refractivity contribution in [2.75, 3.05) is 26.8 Å². The molecule has 2 N–H and O–H groups in total. The van der Waals surface area contributed by atoms with Gasteiger partial charge in [0.25, 0.3) is 0 Å². The Hall–Kier alpha value is -1.89. The molecule has 0 atom stereocenters. The van der Waals surface area contributed by atoms with Gasteiger partial charge < -0.3 is 20.1 Å². The summed E-state index contributed by atoms with van der Waals surface area (Å²) in [7, 11) is 1.70. The van der Waals surface area contributed by atoms with Gasteiger partial charge >= 0.3 is 6.61 Å². The van der Waals surface area contributed by atoms with Gasteiger partial charge in [0, 0.05) is 32.4 Å². The summed E-state index contributed by atoms with van der Waals surface area (Å²) in [6, 6.07) is 5.12. The van der Waals surface area contributed by atoms with Gasteiger partial charge in [0.05, 0.1) is 6.54 Å². The molecule has 0 aromatic heterocycles. The zero-order chi connectivity index (χ0) is 18.5. The van der Waals surface area contributed by atoms with Gasteiger partial charge in [-0.15, -0.1) is 0 Å². The SMILES string of the molecule is CCNC(=NCc1cc(C)ccc1OC(F)F)NCCCCCOC. The van der Waals surface area contributed by atoms with Crippen LogP contribution in [0.5, 0.6) is 5.75 Å². The van der Waals surface area contributed by atoms with Crippen LogP contribution in [-0.2, 0) is 11.3 Å². The molecular weight excluding hydrogens is 328 g/mol. The molecule has 0 saturated heterocycles. The topological polar surface area (TPSA) is 54.9 Å². The highest BCUT2D eigenvalue weighted by molar-refractivity contribution is 5.79. The summed E-state index contributed by atoms with van der Waals surface area (Å²) in [6.07, 6.45) is 3.12. The number of benzene rings is 1. The lowest BCUT2D eigenvalue weighted by Crippen LogP contribution is -2.37. The van der Waals surface area contributed by atoms with Crippen LogP contribution >= 0.6 is 0 Å². The molecule has 1 aromatic carbocycles. The smallest absolute Gasteiger partial charge is 0.387 e. The van der Waals surface area contributed by atoms with Crippen LogP contribution in [0.25, 0.3) is 0 Å². The van der Waals surface area contributed by atoms with Gasteiger partial charge in [-0.2, -0.15) is 8.78 Å². The van der Waals surface area contributed by atoms with Gasteiger partial charge in [0.2, 0.25) is 0 Å². The molecule has 0 heterocycles. The van der Waals surface area contributed by atoms with E-state index in [1.54, 1.807) is 19.2 Å². The summed E-state index contributed by atoms with van der Waals surface area (Å²) >= 11 is 0. The number of aryl methyl sites for hydroxylation is 1. The van der Waals surface area contributed by atoms with Crippen molar-refractivity contribution in [2.45, 2.75) is 46.3 Å². The first-order chi connectivity index (χ1) is 12.1. The van der Waals surface area contributed by atoms with E-state index in [4.69, 9.17) is 4.74 Å². The Bertz CT molecular complexity index is 525. The molecule has 0 radical (unpaired) electrons. The van der Waals surface area contributed by atoms with Crippen LogP contribution < -0.4 is 15.4 Å². The summed E-state index contributed by atoms with van der Waals surface area (Å²) < 4.78 is 34.6. The number of rotatable bonds is 11. The lowest BCUT2D eigenvalue weighted by Gasteiger charge is -2.13. The summed E-state index contributed by atoms with van der Waals surface area (Å²) in [5.74, 6) is 0.832. The highest BCUT2D eigenvalue weighted by atomic mass is 19.3. The van der Waals surface area contributed by atoms with Crippen molar-refractivity contribution in [2.24, 2.45) is 4.99 Å². The molecule has 0 unspecified atom stereocenters. The first-order valence-corrected chi connectivity index (χ1v) is 8.62. The molecule has 1 aromatic rings. The van der Waals surface area contributed by atoms with Crippen LogP contribution in [-0.4, -0.2) is 39.4 Å². The fourth-order valence-electron chi connectivity index (χ4n) is 2.30. The fraction of sp³-hybridized carbons (Fsp3) is 0.611. The molecule has 25 heavy (non-hydrogen) atoms. The zero-order valence-corrected chi connectivity index (χ0v) is 15.3. The molecule has 0 bridgehead atoms. The molecule has 0 fully saturated rings. The number of aliphatic imine (C=N–C) groups is 1. The summed E-state index contributed by atoms with van der Waals surface area (Å²) in [5.41, 5.74) is 1.61. The Morgan fingerprint density at radius 3 is 2.68 bits per heavy atom. The van der Waals surface area contributed by atoms with Crippen LogP contribution in [0.1, 0.15) is 37.3 Å². The Labute approximate surface area is 148 Å². The molecule has 0 aliphatic rings. The van der Waals surface area contributed by atoms with Crippen molar-refractivity contribution in [3.8, 4) is 5.75 Å². The van der Waals surface area contributed by atoms with Crippen molar-refractivity contribution in [3.63, 3.8) is 0 Å². The number of nitrogens with one attached hydrogen (secondary N) is 2. The fourth-order valence-corrected chi connectivity index (χ4v) is 2.30. The van der Waals surface area contributed by atoms with E-state index in [2.05, 4.69) is 20.4 Å². The lowest BCUT2D eigenvalue weighted by atomic mass is 10.1. The normalized spacial score (nSPS) is 11.7. The molecule has 1 rings (SSSR count). The third-order valence-corrected chi connectivity index (χ3v) is 3.50. The lowest BCUT2D eigenvalue weighted by molar-refractivity contribution is -0.0504. The van der Waals surface area contributed by atoms with E-state index in [9.17, 15) is 8.78 Å². The number of halogens is 2. The number of ether oxygens (including phenoxy) is 2. The highest BCUT2D eigenvalue weighted by Crippen LogP contribution is 2.22. The molecule has 0 aliphatic carbocycles. The monoisotopic (exact) mass is 357 g/mol. The maximum Gasteiger partial charge on any atom is 0.387 e. The average Bonchev–Trinajstić information content (AvgIpc) is 2.57. The number of nitrogens with zero attached hydrogens (tertiary/aromatic N) is 1. The maximum absolute atomic E-state index is 12.5. The second-order valence-corrected chi connectivity index (χ2v) is 5.67. The van der Waals surface area contributed by atoms with Gasteiger partial charge in [0.1, 0.15) is 5.75 Å². The van der Waals surface area contributed by atoms with Gasteiger partial charge in [-0.1, -0.05) is 17.7 Å². The van der Waals surface area contributed by atoms with Crippen LogP contribution in [0, 0.1) is 6.92 Å². The van der Waals surface area contributed by atoms with E-state index in [1.807, 2.05) is 19.9 Å². The van der Waals surface area contributed by atoms with Crippen LogP contribution in [0.3, 0.4) is 0 Å². The minimum atomic E-state index is -2.84. The van der Waals surface area contributed by atoms with Crippen LogP contribution in [0.15, 0.2) is 23.2 Å². The van der Waals surface area contributed by atoms with E-state index < -0.39 is 6.61 Å². The number of alkyl halides is 2. The molecule has 5 nitrogen and oxygen atoms in total. The largest absolute Gasteiger partial charge is 0.434 e. The van der Waals surface area contributed by atoms with Crippen LogP contribution in [0.2, 0.25) is 0 Å². The van der Waals surface area contributed by atoms with Gasteiger partial charge in [-0.05, 0) is 39.2 Å². The molecule has 0 aliphatic heterocycles. The standard InChI is InChI=1S/C18H29F2N3O2/c1-4-21-18(22-10-6-5-7-11-24-3)23-13-15-12-14(2)8-9-16(15)25-17(19)20/h8-9,12,17H,4-7,10-11,13H2,1-3H3,(H2,21,22,23). The van der Waals surface area contributed by atoms with Gasteiger partial charge in [-0.25, -0.2) is 4.99 Å². The zero-order valence-electron chi connectivity index (χ0n) is 15.3. The molecule has 142 valence electrons. The van der Waals surface area contributed by atoms with Crippen LogP contribution in [0.4, 0.5) is 8.78 Å². The minimum absolute atomic E-state index is 0.166. The molecule has 0 spiro atoms. The van der Waals surface area contributed by atoms with E-state index in [-0.39, 0.29) is 12.3 Å². The van der Waals surface area contributed by atoms with Crippen molar-refractivity contribution in [1.82, 2.24) is 10.6 Å². The molecule has 0 amide bonds. The summed E-state index contributed by atoms with van der Waals surface area (Å²) in [6.45, 7) is 3.60. The third-order valence-electron chi connectivity index (χ3n) is 3.50. The predicted molar refractivity (Wildman–Crippen MR) is 96.4 cm³/mol. The Balaban J connectivity index is 2.62. The molecular formula is C18H29F2N3O2. The predicted octanol–water partition coefficient (Wildman–Crippen LogP) is 3.47. The number of hydrogen-bond donors (Lipinski definition) is 2. The van der Waals surface area contributed by atoms with Crippen molar-refractivity contribution < 1.29 is 18.3 Å². The van der Waals surface area contributed by atoms with Crippen molar-refractivity contribution in [1.29, 1.82) is 0 Å². The van der Waals surface area contributed by atoms with E-state index in [0.29, 0.717) is 11.5 Å². The Morgan fingerprint density at radius 2 is 2.00 bits per heavy atom. The van der Waals surface area contributed by atoms with E-state index in [1.165, 1.54) is 0 Å². The third kappa shape index (κ3) is 9.24. The van der Waals surface area contributed by atoms with Gasteiger partial charge in [-0.3, -0.25) is 0 Å². The number of guanidine groups is 1. The summed E-state index contributed by atoms with van der Waals surface area (Å²) in [5, 5.41) is 6.41. The number of methoxy groups -OCH3 is 1. The highest BCUT2D eigenvalue weighted by Gasteiger charge is 2.10. The van der Waals surface area contributed by atoms with Crippen molar-refractivity contribution in [3.05, 3.63) is 29.3 Å². The quantitative estimate of drug-likeness (QED) is 0.362. The Kier molecular flexibility index (Phi) is 10.6. The second kappa shape index (κ2) is 12.5. The molecule has 0 saturated carbocycles. The first-order valence-electron chi connectivity index (χ1n) is 8.62. The Morgan fingerprint density at radius 1 is 1.20 bits per heavy atom. The van der Waals surface area contributed by atoms with E-state index >= 15 is 0 Å². The second-order valence-electron chi connectivity index (χ2n) is 5.67. The maximum atomic E-state index is 12.5. The summed E-state index contributed by atoms with van der Waals surface area (Å²) in [4.78, 5) is 4.47. The first kappa shape index (κ1) is 21.2. The average molecular weight is 357 g/mol. The number of hydrogen-bond acceptors (Lipinski definition) is 3. The van der Waals surface area contributed by atoms with Gasteiger partial charge in [0.15, 0.2) is 5.96 Å². The number of unbranched alkanes of at least 4 members (excludes halogenated alkanes) is 2.